The normalized spacial score (nSPS) is 16.0. The Balaban J connectivity index is 0.00000225. The van der Waals surface area contributed by atoms with E-state index in [4.69, 9.17) is 10.5 Å². The van der Waals surface area contributed by atoms with Gasteiger partial charge in [0.2, 0.25) is 0 Å². The lowest BCUT2D eigenvalue weighted by Crippen LogP contribution is -2.43. The van der Waals surface area contributed by atoms with Crippen molar-refractivity contribution < 1.29 is 9.53 Å². The Bertz CT molecular complexity index is 643. The highest BCUT2D eigenvalue weighted by molar-refractivity contribution is 7.10. The van der Waals surface area contributed by atoms with E-state index in [0.29, 0.717) is 18.7 Å². The fourth-order valence-corrected chi connectivity index (χ4v) is 3.72. The predicted octanol–water partition coefficient (Wildman–Crippen LogP) is 2.43. The number of hydrogen-bond acceptors (Lipinski definition) is 5. The number of amides is 1. The Morgan fingerprint density at radius 1 is 1.24 bits per heavy atom. The average Bonchev–Trinajstić information content (AvgIpc) is 3.17. The molecule has 2 heterocycles. The number of nitrogens with two attached hydrogens (primary N) is 1. The number of morpholine rings is 1. The van der Waals surface area contributed by atoms with Gasteiger partial charge in [0.1, 0.15) is 0 Å². The number of benzene rings is 1. The molecule has 1 atom stereocenters. The number of halogens is 1. The van der Waals surface area contributed by atoms with Gasteiger partial charge in [-0.1, -0.05) is 18.2 Å². The zero-order valence-corrected chi connectivity index (χ0v) is 15.7. The summed E-state index contributed by atoms with van der Waals surface area (Å²) in [4.78, 5) is 16.1. The van der Waals surface area contributed by atoms with Gasteiger partial charge in [-0.15, -0.1) is 23.7 Å². The SMILES string of the molecule is Cl.NCc1ccc(C(=O)NCC(c2cccs2)N2CCOCC2)cc1. The van der Waals surface area contributed by atoms with Crippen molar-refractivity contribution in [3.63, 3.8) is 0 Å². The molecule has 2 aromatic rings. The maximum absolute atomic E-state index is 12.4. The van der Waals surface area contributed by atoms with E-state index in [1.165, 1.54) is 4.88 Å². The van der Waals surface area contributed by atoms with E-state index < -0.39 is 0 Å². The van der Waals surface area contributed by atoms with E-state index in [0.717, 1.165) is 31.9 Å². The van der Waals surface area contributed by atoms with Crippen LogP contribution in [-0.4, -0.2) is 43.7 Å². The summed E-state index contributed by atoms with van der Waals surface area (Å²) < 4.78 is 5.45. The largest absolute Gasteiger partial charge is 0.379 e. The highest BCUT2D eigenvalue weighted by atomic mass is 35.5. The molecule has 0 saturated carbocycles. The van der Waals surface area contributed by atoms with E-state index in [-0.39, 0.29) is 24.4 Å². The van der Waals surface area contributed by atoms with E-state index >= 15 is 0 Å². The summed E-state index contributed by atoms with van der Waals surface area (Å²) in [5, 5.41) is 5.16. The van der Waals surface area contributed by atoms with Gasteiger partial charge in [-0.05, 0) is 29.1 Å². The molecule has 3 rings (SSSR count). The minimum Gasteiger partial charge on any atom is -0.379 e. The molecular weight excluding hydrogens is 358 g/mol. The monoisotopic (exact) mass is 381 g/mol. The Morgan fingerprint density at radius 2 is 1.96 bits per heavy atom. The minimum absolute atomic E-state index is 0. The molecule has 1 aliphatic rings. The van der Waals surface area contributed by atoms with E-state index in [2.05, 4.69) is 27.7 Å². The van der Waals surface area contributed by atoms with Crippen molar-refractivity contribution in [2.24, 2.45) is 5.73 Å². The highest BCUT2D eigenvalue weighted by Crippen LogP contribution is 2.25. The van der Waals surface area contributed by atoms with Gasteiger partial charge >= 0.3 is 0 Å². The summed E-state index contributed by atoms with van der Waals surface area (Å²) >= 11 is 1.73. The van der Waals surface area contributed by atoms with Gasteiger partial charge in [0.15, 0.2) is 0 Å². The fraction of sp³-hybridized carbons (Fsp3) is 0.389. The van der Waals surface area contributed by atoms with Crippen LogP contribution < -0.4 is 11.1 Å². The summed E-state index contributed by atoms with van der Waals surface area (Å²) in [6, 6.07) is 11.8. The predicted molar refractivity (Wildman–Crippen MR) is 103 cm³/mol. The average molecular weight is 382 g/mol. The molecule has 7 heteroatoms. The summed E-state index contributed by atoms with van der Waals surface area (Å²) in [6.07, 6.45) is 0. The van der Waals surface area contributed by atoms with Crippen molar-refractivity contribution in [3.05, 3.63) is 57.8 Å². The zero-order chi connectivity index (χ0) is 16.8. The number of nitrogens with zero attached hydrogens (tertiary/aromatic N) is 1. The lowest BCUT2D eigenvalue weighted by atomic mass is 10.1. The van der Waals surface area contributed by atoms with Crippen LogP contribution in [0.5, 0.6) is 0 Å². The van der Waals surface area contributed by atoms with Crippen LogP contribution in [0.3, 0.4) is 0 Å². The highest BCUT2D eigenvalue weighted by Gasteiger charge is 2.24. The molecule has 3 N–H and O–H groups in total. The number of carbonyl (C=O) groups excluding carboxylic acids is 1. The van der Waals surface area contributed by atoms with Crippen LogP contribution in [0, 0.1) is 0 Å². The molecule has 25 heavy (non-hydrogen) atoms. The van der Waals surface area contributed by atoms with Crippen LogP contribution >= 0.6 is 23.7 Å². The van der Waals surface area contributed by atoms with Gasteiger partial charge < -0.3 is 15.8 Å². The molecule has 1 aromatic heterocycles. The van der Waals surface area contributed by atoms with Gasteiger partial charge in [0.25, 0.3) is 5.91 Å². The quantitative estimate of drug-likeness (QED) is 0.806. The van der Waals surface area contributed by atoms with Crippen LogP contribution in [0.15, 0.2) is 41.8 Å². The second-order valence-electron chi connectivity index (χ2n) is 5.79. The minimum atomic E-state index is -0.0478. The van der Waals surface area contributed by atoms with Crippen LogP contribution in [0.2, 0.25) is 0 Å². The van der Waals surface area contributed by atoms with Crippen molar-refractivity contribution >= 4 is 29.7 Å². The van der Waals surface area contributed by atoms with Crippen LogP contribution in [0.1, 0.15) is 26.8 Å². The van der Waals surface area contributed by atoms with Gasteiger partial charge in [0, 0.05) is 36.6 Å². The van der Waals surface area contributed by atoms with Gasteiger partial charge in [0.05, 0.1) is 19.3 Å². The Kier molecular flexibility index (Phi) is 7.87. The molecule has 1 aliphatic heterocycles. The van der Waals surface area contributed by atoms with Crippen molar-refractivity contribution in [1.82, 2.24) is 10.2 Å². The fourth-order valence-electron chi connectivity index (χ4n) is 2.86. The number of ether oxygens (including phenoxy) is 1. The number of carbonyl (C=O) groups is 1. The lowest BCUT2D eigenvalue weighted by molar-refractivity contribution is 0.0169. The van der Waals surface area contributed by atoms with Crippen molar-refractivity contribution in [3.8, 4) is 0 Å². The number of rotatable bonds is 6. The third kappa shape index (κ3) is 5.26. The van der Waals surface area contributed by atoms with Crippen LogP contribution in [0.25, 0.3) is 0 Å². The first-order valence-electron chi connectivity index (χ1n) is 8.20. The summed E-state index contributed by atoms with van der Waals surface area (Å²) in [6.45, 7) is 4.36. The molecule has 1 fully saturated rings. The van der Waals surface area contributed by atoms with Gasteiger partial charge in [-0.2, -0.15) is 0 Å². The molecule has 1 unspecified atom stereocenters. The van der Waals surface area contributed by atoms with Gasteiger partial charge in [-0.3, -0.25) is 9.69 Å². The number of nitrogens with one attached hydrogen (secondary N) is 1. The maximum atomic E-state index is 12.4. The third-order valence-corrected chi connectivity index (χ3v) is 5.24. The molecule has 0 aliphatic carbocycles. The first-order chi connectivity index (χ1) is 11.8. The molecule has 1 saturated heterocycles. The second-order valence-corrected chi connectivity index (χ2v) is 6.77. The lowest BCUT2D eigenvalue weighted by Gasteiger charge is -2.34. The van der Waals surface area contributed by atoms with Crippen molar-refractivity contribution in [2.45, 2.75) is 12.6 Å². The first-order valence-corrected chi connectivity index (χ1v) is 9.08. The third-order valence-electron chi connectivity index (χ3n) is 4.27. The first kappa shape index (κ1) is 19.9. The molecule has 5 nitrogen and oxygen atoms in total. The van der Waals surface area contributed by atoms with E-state index in [9.17, 15) is 4.79 Å². The molecule has 136 valence electrons. The number of thiophene rings is 1. The van der Waals surface area contributed by atoms with Gasteiger partial charge in [-0.25, -0.2) is 0 Å². The van der Waals surface area contributed by atoms with Crippen LogP contribution in [0.4, 0.5) is 0 Å². The van der Waals surface area contributed by atoms with E-state index in [1.807, 2.05) is 24.3 Å². The second kappa shape index (κ2) is 9.89. The smallest absolute Gasteiger partial charge is 0.251 e. The Hall–Kier alpha value is -1.44. The Morgan fingerprint density at radius 3 is 2.56 bits per heavy atom. The summed E-state index contributed by atoms with van der Waals surface area (Å²) in [5.41, 5.74) is 7.29. The zero-order valence-electron chi connectivity index (χ0n) is 14.0. The van der Waals surface area contributed by atoms with Crippen molar-refractivity contribution in [2.75, 3.05) is 32.8 Å². The maximum Gasteiger partial charge on any atom is 0.251 e. The molecular formula is C18H24ClN3O2S. The Labute approximate surface area is 158 Å². The molecule has 0 spiro atoms. The van der Waals surface area contributed by atoms with Crippen LogP contribution in [-0.2, 0) is 11.3 Å². The molecule has 1 amide bonds. The van der Waals surface area contributed by atoms with E-state index in [1.54, 1.807) is 11.3 Å². The molecule has 1 aromatic carbocycles. The number of hydrogen-bond donors (Lipinski definition) is 2. The standard InChI is InChI=1S/C18H23N3O2S.ClH/c19-12-14-3-5-15(6-4-14)18(22)20-13-16(17-2-1-11-24-17)21-7-9-23-10-8-21;/h1-6,11,16H,7-10,12-13,19H2,(H,20,22);1H. The summed E-state index contributed by atoms with van der Waals surface area (Å²) in [5.74, 6) is -0.0478. The summed E-state index contributed by atoms with van der Waals surface area (Å²) in [7, 11) is 0. The topological polar surface area (TPSA) is 67.6 Å². The van der Waals surface area contributed by atoms with Crippen molar-refractivity contribution in [1.29, 1.82) is 0 Å². The molecule has 0 bridgehead atoms. The molecule has 0 radical (unpaired) electrons.